The number of pyridine rings is 1. The maximum atomic E-state index is 11.6. The van der Waals surface area contributed by atoms with Crippen LogP contribution < -0.4 is 11.1 Å². The van der Waals surface area contributed by atoms with Crippen molar-refractivity contribution >= 4 is 15.7 Å². The van der Waals surface area contributed by atoms with Crippen LogP contribution in [0.1, 0.15) is 12.0 Å². The summed E-state index contributed by atoms with van der Waals surface area (Å²) in [6.45, 7) is 0.333. The summed E-state index contributed by atoms with van der Waals surface area (Å²) in [5, 5.41) is 2.64. The maximum Gasteiger partial charge on any atom is 0.237 e. The highest BCUT2D eigenvalue weighted by Crippen LogP contribution is 1.97. The Balaban J connectivity index is 2.37. The molecule has 1 unspecified atom stereocenters. The van der Waals surface area contributed by atoms with Crippen LogP contribution in [-0.2, 0) is 21.2 Å². The van der Waals surface area contributed by atoms with Crippen molar-refractivity contribution in [2.24, 2.45) is 5.73 Å². The number of carbonyl (C=O) groups excluding carboxylic acids is 1. The molecule has 0 radical (unpaired) electrons. The summed E-state index contributed by atoms with van der Waals surface area (Å²) in [5.41, 5.74) is 6.46. The lowest BCUT2D eigenvalue weighted by atomic mass is 10.2. The Morgan fingerprint density at radius 3 is 2.83 bits per heavy atom. The lowest BCUT2D eigenvalue weighted by Gasteiger charge is -2.11. The average Bonchev–Trinajstić information content (AvgIpc) is 2.33. The van der Waals surface area contributed by atoms with Crippen LogP contribution in [0.4, 0.5) is 0 Å². The molecule has 0 aliphatic carbocycles. The number of nitrogens with zero attached hydrogens (tertiary/aromatic N) is 1. The van der Waals surface area contributed by atoms with Crippen LogP contribution in [0, 0.1) is 0 Å². The fraction of sp³-hybridized carbons (Fsp3) is 0.455. The highest BCUT2D eigenvalue weighted by atomic mass is 32.2. The first-order valence-electron chi connectivity index (χ1n) is 5.48. The topological polar surface area (TPSA) is 102 Å². The second-order valence-corrected chi connectivity index (χ2v) is 6.36. The van der Waals surface area contributed by atoms with E-state index in [0.29, 0.717) is 6.54 Å². The summed E-state index contributed by atoms with van der Waals surface area (Å²) in [4.78, 5) is 15.5. The van der Waals surface area contributed by atoms with Gasteiger partial charge in [0.1, 0.15) is 9.84 Å². The summed E-state index contributed by atoms with van der Waals surface area (Å²) in [6.07, 6.45) is 4.52. The zero-order valence-electron chi connectivity index (χ0n) is 10.2. The largest absolute Gasteiger partial charge is 0.351 e. The first kappa shape index (κ1) is 14.6. The molecule has 0 bridgehead atoms. The van der Waals surface area contributed by atoms with Gasteiger partial charge in [0.25, 0.3) is 0 Å². The molecule has 1 aromatic rings. The Morgan fingerprint density at radius 1 is 1.56 bits per heavy atom. The summed E-state index contributed by atoms with van der Waals surface area (Å²) < 4.78 is 21.9. The van der Waals surface area contributed by atoms with Crippen molar-refractivity contribution in [2.75, 3.05) is 12.0 Å². The lowest BCUT2D eigenvalue weighted by molar-refractivity contribution is -0.122. The van der Waals surface area contributed by atoms with Crippen molar-refractivity contribution in [3.8, 4) is 0 Å². The first-order valence-corrected chi connectivity index (χ1v) is 7.54. The predicted octanol–water partition coefficient (Wildman–Crippen LogP) is -0.540. The Labute approximate surface area is 107 Å². The monoisotopic (exact) mass is 271 g/mol. The molecule has 1 heterocycles. The van der Waals surface area contributed by atoms with Gasteiger partial charge in [-0.2, -0.15) is 0 Å². The summed E-state index contributed by atoms with van der Waals surface area (Å²) in [6, 6.07) is 2.79. The van der Waals surface area contributed by atoms with Crippen LogP contribution in [0.3, 0.4) is 0 Å². The number of hydrogen-bond acceptors (Lipinski definition) is 5. The van der Waals surface area contributed by atoms with Gasteiger partial charge in [-0.25, -0.2) is 8.42 Å². The zero-order valence-corrected chi connectivity index (χ0v) is 11.0. The average molecular weight is 271 g/mol. The van der Waals surface area contributed by atoms with E-state index in [0.717, 1.165) is 11.8 Å². The molecule has 0 saturated carbocycles. The van der Waals surface area contributed by atoms with E-state index in [4.69, 9.17) is 5.73 Å². The minimum atomic E-state index is -3.09. The third-order valence-corrected chi connectivity index (χ3v) is 3.30. The van der Waals surface area contributed by atoms with Crippen LogP contribution in [0.2, 0.25) is 0 Å². The van der Waals surface area contributed by atoms with E-state index in [-0.39, 0.29) is 18.1 Å². The highest BCUT2D eigenvalue weighted by Gasteiger charge is 2.15. The summed E-state index contributed by atoms with van der Waals surface area (Å²) >= 11 is 0. The molecule has 1 aromatic heterocycles. The standard InChI is InChI=1S/C11H17N3O3S/c1-18(16,17)6-4-10(12)11(15)14-8-9-3-2-5-13-7-9/h2-3,5,7,10H,4,6,8,12H2,1H3,(H,14,15). The van der Waals surface area contributed by atoms with Crippen molar-refractivity contribution < 1.29 is 13.2 Å². The molecular formula is C11H17N3O3S. The maximum absolute atomic E-state index is 11.6. The van der Waals surface area contributed by atoms with Gasteiger partial charge in [-0.3, -0.25) is 9.78 Å². The fourth-order valence-electron chi connectivity index (χ4n) is 1.30. The second-order valence-electron chi connectivity index (χ2n) is 4.10. The highest BCUT2D eigenvalue weighted by molar-refractivity contribution is 7.90. The Kier molecular flexibility index (Phi) is 5.24. The minimum Gasteiger partial charge on any atom is -0.351 e. The molecule has 7 heteroatoms. The number of nitrogens with two attached hydrogens (primary N) is 1. The van der Waals surface area contributed by atoms with E-state index < -0.39 is 15.9 Å². The lowest BCUT2D eigenvalue weighted by Crippen LogP contribution is -2.41. The molecule has 1 atom stereocenters. The van der Waals surface area contributed by atoms with Gasteiger partial charge in [-0.05, 0) is 18.1 Å². The third kappa shape index (κ3) is 5.74. The molecule has 0 aliphatic heterocycles. The number of aromatic nitrogens is 1. The number of hydrogen-bond donors (Lipinski definition) is 2. The molecule has 1 rings (SSSR count). The first-order chi connectivity index (χ1) is 8.38. The quantitative estimate of drug-likeness (QED) is 0.723. The minimum absolute atomic E-state index is 0.0888. The zero-order chi connectivity index (χ0) is 13.6. The van der Waals surface area contributed by atoms with Crippen molar-refractivity contribution in [1.29, 1.82) is 0 Å². The Hall–Kier alpha value is -1.47. The fourth-order valence-corrected chi connectivity index (χ4v) is 1.98. The van der Waals surface area contributed by atoms with E-state index in [1.165, 1.54) is 0 Å². The van der Waals surface area contributed by atoms with Gasteiger partial charge in [0, 0.05) is 25.2 Å². The molecule has 1 amide bonds. The molecule has 0 aromatic carbocycles. The number of amides is 1. The molecule has 3 N–H and O–H groups in total. The van der Waals surface area contributed by atoms with Gasteiger partial charge in [0.15, 0.2) is 0 Å². The molecule has 6 nitrogen and oxygen atoms in total. The van der Waals surface area contributed by atoms with Crippen LogP contribution in [0.5, 0.6) is 0 Å². The van der Waals surface area contributed by atoms with Crippen LogP contribution in [-0.4, -0.2) is 37.4 Å². The molecule has 18 heavy (non-hydrogen) atoms. The molecule has 100 valence electrons. The summed E-state index contributed by atoms with van der Waals surface area (Å²) in [7, 11) is -3.09. The Morgan fingerprint density at radius 2 is 2.28 bits per heavy atom. The van der Waals surface area contributed by atoms with Gasteiger partial charge in [-0.1, -0.05) is 6.07 Å². The summed E-state index contributed by atoms with van der Waals surface area (Å²) in [5.74, 6) is -0.448. The van der Waals surface area contributed by atoms with Crippen molar-refractivity contribution in [2.45, 2.75) is 19.0 Å². The van der Waals surface area contributed by atoms with E-state index >= 15 is 0 Å². The van der Waals surface area contributed by atoms with Gasteiger partial charge in [-0.15, -0.1) is 0 Å². The number of nitrogens with one attached hydrogen (secondary N) is 1. The normalized spacial score (nSPS) is 13.0. The third-order valence-electron chi connectivity index (χ3n) is 2.33. The Bertz CT molecular complexity index is 488. The van der Waals surface area contributed by atoms with E-state index in [1.807, 2.05) is 6.07 Å². The van der Waals surface area contributed by atoms with Gasteiger partial charge < -0.3 is 11.1 Å². The number of rotatable bonds is 6. The van der Waals surface area contributed by atoms with E-state index in [1.54, 1.807) is 18.5 Å². The van der Waals surface area contributed by atoms with E-state index in [2.05, 4.69) is 10.3 Å². The van der Waals surface area contributed by atoms with Crippen molar-refractivity contribution in [3.63, 3.8) is 0 Å². The second kappa shape index (κ2) is 6.46. The van der Waals surface area contributed by atoms with E-state index in [9.17, 15) is 13.2 Å². The smallest absolute Gasteiger partial charge is 0.237 e. The van der Waals surface area contributed by atoms with Crippen LogP contribution in [0.15, 0.2) is 24.5 Å². The predicted molar refractivity (Wildman–Crippen MR) is 68.4 cm³/mol. The van der Waals surface area contributed by atoms with Gasteiger partial charge in [0.2, 0.25) is 5.91 Å². The molecule has 0 spiro atoms. The van der Waals surface area contributed by atoms with Crippen molar-refractivity contribution in [3.05, 3.63) is 30.1 Å². The number of carbonyl (C=O) groups is 1. The van der Waals surface area contributed by atoms with Gasteiger partial charge >= 0.3 is 0 Å². The van der Waals surface area contributed by atoms with Crippen LogP contribution >= 0.6 is 0 Å². The molecule has 0 saturated heterocycles. The SMILES string of the molecule is CS(=O)(=O)CCC(N)C(=O)NCc1cccnc1. The van der Waals surface area contributed by atoms with Crippen molar-refractivity contribution in [1.82, 2.24) is 10.3 Å². The van der Waals surface area contributed by atoms with Gasteiger partial charge in [0.05, 0.1) is 11.8 Å². The van der Waals surface area contributed by atoms with Crippen LogP contribution in [0.25, 0.3) is 0 Å². The number of sulfone groups is 1. The molecule has 0 aliphatic rings. The molecular weight excluding hydrogens is 254 g/mol. The molecule has 0 fully saturated rings.